The molecule has 15 heavy (non-hydrogen) atoms. The van der Waals surface area contributed by atoms with Crippen LogP contribution in [0.4, 0.5) is 0 Å². The fraction of sp³-hybridized carbons (Fsp3) is 0.769. The highest BCUT2D eigenvalue weighted by Crippen LogP contribution is 2.52. The molecule has 0 saturated carbocycles. The predicted octanol–water partition coefficient (Wildman–Crippen LogP) is 2.87. The number of hydrogen-bond acceptors (Lipinski definition) is 2. The maximum atomic E-state index is 11.6. The van der Waals surface area contributed by atoms with Crippen LogP contribution >= 0.6 is 0 Å². The fourth-order valence-corrected chi connectivity index (χ4v) is 3.18. The summed E-state index contributed by atoms with van der Waals surface area (Å²) in [5.74, 6) is 0.242. The van der Waals surface area contributed by atoms with Gasteiger partial charge in [-0.3, -0.25) is 4.79 Å². The average molecular weight is 208 g/mol. The summed E-state index contributed by atoms with van der Waals surface area (Å²) in [6.07, 6.45) is 4.86. The Morgan fingerprint density at radius 2 is 2.13 bits per heavy atom. The molecule has 0 unspecified atom stereocenters. The Balaban J connectivity index is 2.44. The van der Waals surface area contributed by atoms with Crippen LogP contribution < -0.4 is 0 Å². The molecule has 2 heteroatoms. The monoisotopic (exact) mass is 208 g/mol. The lowest BCUT2D eigenvalue weighted by molar-refractivity contribution is -0.129. The number of ketones is 1. The molecule has 0 bridgehead atoms. The van der Waals surface area contributed by atoms with Crippen molar-refractivity contribution in [2.45, 2.75) is 58.7 Å². The van der Waals surface area contributed by atoms with Crippen molar-refractivity contribution in [1.29, 1.82) is 0 Å². The summed E-state index contributed by atoms with van der Waals surface area (Å²) in [5.41, 5.74) is 0.877. The molecular weight excluding hydrogens is 188 g/mol. The number of carbonyl (C=O) groups excluding carboxylic acids is 1. The smallest absolute Gasteiger partial charge is 0.156 e. The zero-order chi connectivity index (χ0) is 11.3. The molecule has 1 aliphatic heterocycles. The summed E-state index contributed by atoms with van der Waals surface area (Å²) in [7, 11) is 0. The summed E-state index contributed by atoms with van der Waals surface area (Å²) >= 11 is 0. The van der Waals surface area contributed by atoms with Crippen LogP contribution in [0.1, 0.15) is 47.0 Å². The Bertz CT molecular complexity index is 327. The SMILES string of the molecule is CC1=CC(=O)CC(C)(C)[C@]12CC[C@@H](C)O2. The summed E-state index contributed by atoms with van der Waals surface area (Å²) in [4.78, 5) is 11.6. The second kappa shape index (κ2) is 3.18. The lowest BCUT2D eigenvalue weighted by Crippen LogP contribution is -2.49. The highest BCUT2D eigenvalue weighted by atomic mass is 16.5. The average Bonchev–Trinajstić information content (AvgIpc) is 2.45. The molecule has 0 aromatic rings. The van der Waals surface area contributed by atoms with E-state index in [1.165, 1.54) is 0 Å². The zero-order valence-electron chi connectivity index (χ0n) is 10.1. The van der Waals surface area contributed by atoms with Crippen LogP contribution in [0.2, 0.25) is 0 Å². The van der Waals surface area contributed by atoms with E-state index in [-0.39, 0.29) is 16.8 Å². The fourth-order valence-electron chi connectivity index (χ4n) is 3.18. The van der Waals surface area contributed by atoms with Gasteiger partial charge in [0.1, 0.15) is 0 Å². The van der Waals surface area contributed by atoms with Crippen LogP contribution in [0.15, 0.2) is 11.6 Å². The Morgan fingerprint density at radius 3 is 2.60 bits per heavy atom. The number of rotatable bonds is 0. The molecule has 0 amide bonds. The van der Waals surface area contributed by atoms with Gasteiger partial charge in [-0.25, -0.2) is 0 Å². The lowest BCUT2D eigenvalue weighted by atomic mass is 9.63. The first-order valence-corrected chi connectivity index (χ1v) is 5.77. The van der Waals surface area contributed by atoms with Gasteiger partial charge < -0.3 is 4.74 Å². The topological polar surface area (TPSA) is 26.3 Å². The van der Waals surface area contributed by atoms with Crippen molar-refractivity contribution < 1.29 is 9.53 Å². The minimum atomic E-state index is -0.180. The summed E-state index contributed by atoms with van der Waals surface area (Å²) < 4.78 is 6.15. The minimum absolute atomic E-state index is 0.0618. The first-order valence-electron chi connectivity index (χ1n) is 5.77. The van der Waals surface area contributed by atoms with E-state index in [9.17, 15) is 4.79 Å². The number of allylic oxidation sites excluding steroid dienone is 1. The summed E-state index contributed by atoms with van der Waals surface area (Å²) in [6.45, 7) is 8.46. The molecule has 2 atom stereocenters. The summed E-state index contributed by atoms with van der Waals surface area (Å²) in [6, 6.07) is 0. The van der Waals surface area contributed by atoms with Gasteiger partial charge >= 0.3 is 0 Å². The van der Waals surface area contributed by atoms with E-state index in [1.54, 1.807) is 6.08 Å². The first kappa shape index (κ1) is 10.9. The van der Waals surface area contributed by atoms with E-state index >= 15 is 0 Å². The van der Waals surface area contributed by atoms with Crippen molar-refractivity contribution in [2.24, 2.45) is 5.41 Å². The molecule has 2 aliphatic rings. The van der Waals surface area contributed by atoms with Crippen molar-refractivity contribution in [2.75, 3.05) is 0 Å². The third-order valence-electron chi connectivity index (χ3n) is 4.03. The highest BCUT2D eigenvalue weighted by molar-refractivity contribution is 5.92. The summed E-state index contributed by atoms with van der Waals surface area (Å²) in [5, 5.41) is 0. The first-order chi connectivity index (χ1) is 6.87. The van der Waals surface area contributed by atoms with Crippen LogP contribution in [0.25, 0.3) is 0 Å². The van der Waals surface area contributed by atoms with Gasteiger partial charge in [0.05, 0.1) is 11.7 Å². The molecule has 0 radical (unpaired) electrons. The quantitative estimate of drug-likeness (QED) is 0.612. The molecule has 1 spiro atoms. The largest absolute Gasteiger partial charge is 0.367 e. The van der Waals surface area contributed by atoms with Gasteiger partial charge in [-0.05, 0) is 38.3 Å². The third kappa shape index (κ3) is 1.46. The molecule has 0 aromatic carbocycles. The maximum absolute atomic E-state index is 11.6. The highest BCUT2D eigenvalue weighted by Gasteiger charge is 2.53. The number of ether oxygens (including phenoxy) is 1. The molecule has 1 fully saturated rings. The van der Waals surface area contributed by atoms with E-state index in [0.29, 0.717) is 12.5 Å². The third-order valence-corrected chi connectivity index (χ3v) is 4.03. The van der Waals surface area contributed by atoms with Crippen molar-refractivity contribution >= 4 is 5.78 Å². The number of carbonyl (C=O) groups is 1. The number of hydrogen-bond donors (Lipinski definition) is 0. The van der Waals surface area contributed by atoms with E-state index in [4.69, 9.17) is 4.74 Å². The molecule has 1 heterocycles. The van der Waals surface area contributed by atoms with Gasteiger partial charge in [0.2, 0.25) is 0 Å². The minimum Gasteiger partial charge on any atom is -0.367 e. The normalized spacial score (nSPS) is 39.6. The molecule has 0 aromatic heterocycles. The van der Waals surface area contributed by atoms with E-state index in [1.807, 2.05) is 6.92 Å². The Labute approximate surface area is 91.7 Å². The van der Waals surface area contributed by atoms with Crippen LogP contribution in [-0.2, 0) is 9.53 Å². The van der Waals surface area contributed by atoms with E-state index in [0.717, 1.165) is 18.4 Å². The van der Waals surface area contributed by atoms with Crippen LogP contribution in [0, 0.1) is 5.41 Å². The second-order valence-corrected chi connectivity index (χ2v) is 5.65. The van der Waals surface area contributed by atoms with Crippen molar-refractivity contribution in [3.8, 4) is 0 Å². The molecule has 0 N–H and O–H groups in total. The zero-order valence-corrected chi connectivity index (χ0v) is 10.1. The van der Waals surface area contributed by atoms with Crippen molar-refractivity contribution in [3.05, 3.63) is 11.6 Å². The molecule has 2 nitrogen and oxygen atoms in total. The standard InChI is InChI=1S/C13H20O2/c1-9-7-11(14)8-12(3,4)13(9)6-5-10(2)15-13/h7,10H,5-6,8H2,1-4H3/t10-,13+/m1/s1. The van der Waals surface area contributed by atoms with Crippen LogP contribution in [0.5, 0.6) is 0 Å². The van der Waals surface area contributed by atoms with E-state index < -0.39 is 0 Å². The molecule has 1 aliphatic carbocycles. The molecule has 1 saturated heterocycles. The molecular formula is C13H20O2. The second-order valence-electron chi connectivity index (χ2n) is 5.65. The van der Waals surface area contributed by atoms with Crippen molar-refractivity contribution in [1.82, 2.24) is 0 Å². The molecule has 84 valence electrons. The van der Waals surface area contributed by atoms with Gasteiger partial charge in [0.15, 0.2) is 5.78 Å². The van der Waals surface area contributed by atoms with Gasteiger partial charge in [-0.2, -0.15) is 0 Å². The Hall–Kier alpha value is -0.630. The van der Waals surface area contributed by atoms with E-state index in [2.05, 4.69) is 20.8 Å². The van der Waals surface area contributed by atoms with Crippen LogP contribution in [-0.4, -0.2) is 17.5 Å². The Morgan fingerprint density at radius 1 is 1.47 bits per heavy atom. The van der Waals surface area contributed by atoms with Gasteiger partial charge in [-0.15, -0.1) is 0 Å². The predicted molar refractivity (Wildman–Crippen MR) is 59.7 cm³/mol. The van der Waals surface area contributed by atoms with Gasteiger partial charge in [-0.1, -0.05) is 13.8 Å². The molecule has 2 rings (SSSR count). The van der Waals surface area contributed by atoms with Gasteiger partial charge in [0, 0.05) is 11.8 Å². The van der Waals surface area contributed by atoms with Crippen LogP contribution in [0.3, 0.4) is 0 Å². The maximum Gasteiger partial charge on any atom is 0.156 e. The van der Waals surface area contributed by atoms with Crippen molar-refractivity contribution in [3.63, 3.8) is 0 Å². The lowest BCUT2D eigenvalue weighted by Gasteiger charge is -2.46. The van der Waals surface area contributed by atoms with Gasteiger partial charge in [0.25, 0.3) is 0 Å². The Kier molecular flexibility index (Phi) is 2.30.